The molecule has 0 radical (unpaired) electrons. The molecule has 0 spiro atoms. The van der Waals surface area contributed by atoms with E-state index in [4.69, 9.17) is 10.5 Å². The van der Waals surface area contributed by atoms with Gasteiger partial charge in [-0.25, -0.2) is 9.97 Å². The smallest absolute Gasteiger partial charge is 0.172 e. The van der Waals surface area contributed by atoms with Crippen LogP contribution in [0.15, 0.2) is 40.6 Å². The highest BCUT2D eigenvalue weighted by Gasteiger charge is 2.11. The van der Waals surface area contributed by atoms with Gasteiger partial charge in [-0.3, -0.25) is 0 Å². The second kappa shape index (κ2) is 5.75. The molecule has 3 rings (SSSR count). The van der Waals surface area contributed by atoms with Crippen LogP contribution in [0.1, 0.15) is 11.1 Å². The number of methoxy groups -OCH3 is 1. The van der Waals surface area contributed by atoms with E-state index in [0.717, 1.165) is 38.1 Å². The van der Waals surface area contributed by atoms with Gasteiger partial charge in [0, 0.05) is 24.4 Å². The molecule has 0 atom stereocenters. The van der Waals surface area contributed by atoms with Crippen LogP contribution >= 0.6 is 11.8 Å². The van der Waals surface area contributed by atoms with Crippen LogP contribution in [-0.2, 0) is 6.54 Å². The number of imidazole rings is 1. The molecule has 0 fully saturated rings. The lowest BCUT2D eigenvalue weighted by atomic mass is 10.2. The van der Waals surface area contributed by atoms with Gasteiger partial charge in [0.2, 0.25) is 0 Å². The molecule has 0 aliphatic rings. The molecule has 0 amide bonds. The van der Waals surface area contributed by atoms with Gasteiger partial charge in [0.15, 0.2) is 5.16 Å². The van der Waals surface area contributed by atoms with Crippen molar-refractivity contribution < 1.29 is 4.74 Å². The van der Waals surface area contributed by atoms with Gasteiger partial charge in [-0.15, -0.1) is 0 Å². The number of ether oxygens (including phenoxy) is 1. The maximum Gasteiger partial charge on any atom is 0.172 e. The second-order valence-corrected chi connectivity index (χ2v) is 5.62. The van der Waals surface area contributed by atoms with Gasteiger partial charge in [0.25, 0.3) is 0 Å². The predicted octanol–water partition coefficient (Wildman–Crippen LogP) is 2.88. The summed E-state index contributed by atoms with van der Waals surface area (Å²) in [4.78, 5) is 12.2. The van der Waals surface area contributed by atoms with Crippen LogP contribution in [0.25, 0.3) is 11.0 Å². The summed E-state index contributed by atoms with van der Waals surface area (Å²) in [7, 11) is 1.65. The van der Waals surface area contributed by atoms with Crippen molar-refractivity contribution in [3.63, 3.8) is 0 Å². The van der Waals surface area contributed by atoms with Crippen molar-refractivity contribution in [2.24, 2.45) is 5.73 Å². The Bertz CT molecular complexity index is 784. The number of aromatic amines is 1. The van der Waals surface area contributed by atoms with Gasteiger partial charge in [0.05, 0.1) is 18.1 Å². The zero-order valence-corrected chi connectivity index (χ0v) is 12.7. The Labute approximate surface area is 126 Å². The van der Waals surface area contributed by atoms with Crippen LogP contribution in [0.2, 0.25) is 0 Å². The van der Waals surface area contributed by atoms with Crippen LogP contribution in [0.4, 0.5) is 0 Å². The Kier molecular flexibility index (Phi) is 3.81. The Morgan fingerprint density at radius 1 is 1.33 bits per heavy atom. The number of H-pyrrole nitrogens is 1. The highest BCUT2D eigenvalue weighted by Crippen LogP contribution is 2.30. The maximum absolute atomic E-state index is 5.82. The summed E-state index contributed by atoms with van der Waals surface area (Å²) >= 11 is 1.49. The Morgan fingerprint density at radius 3 is 2.95 bits per heavy atom. The van der Waals surface area contributed by atoms with Crippen LogP contribution in [0.3, 0.4) is 0 Å². The third-order valence-electron chi connectivity index (χ3n) is 3.32. The lowest BCUT2D eigenvalue weighted by Crippen LogP contribution is -2.02. The Morgan fingerprint density at radius 2 is 2.19 bits per heavy atom. The fourth-order valence-electron chi connectivity index (χ4n) is 2.13. The van der Waals surface area contributed by atoms with E-state index < -0.39 is 0 Å². The Hall–Kier alpha value is -2.05. The number of fused-ring (bicyclic) bond motifs is 1. The third kappa shape index (κ3) is 2.72. The van der Waals surface area contributed by atoms with E-state index >= 15 is 0 Å². The molecule has 0 bridgehead atoms. The zero-order valence-electron chi connectivity index (χ0n) is 11.9. The molecular weight excluding hydrogens is 284 g/mol. The second-order valence-electron chi connectivity index (χ2n) is 4.64. The lowest BCUT2D eigenvalue weighted by Gasteiger charge is -2.07. The standard InChI is InChI=1S/C15H16N4OS/c1-9-5-6-17-14(11(9)8-16)21-15-18-12-4-3-10(20-2)7-13(12)19-15/h3-7H,8,16H2,1-2H3,(H,18,19). The normalized spacial score (nSPS) is 11.0. The number of hydrogen-bond donors (Lipinski definition) is 2. The highest BCUT2D eigenvalue weighted by molar-refractivity contribution is 7.99. The van der Waals surface area contributed by atoms with Gasteiger partial charge >= 0.3 is 0 Å². The van der Waals surface area contributed by atoms with E-state index in [2.05, 4.69) is 15.0 Å². The van der Waals surface area contributed by atoms with Crippen molar-refractivity contribution in [3.05, 3.63) is 41.6 Å². The topological polar surface area (TPSA) is 76.8 Å². The number of benzene rings is 1. The van der Waals surface area contributed by atoms with E-state index in [1.165, 1.54) is 11.8 Å². The molecule has 6 heteroatoms. The summed E-state index contributed by atoms with van der Waals surface area (Å²) in [6.45, 7) is 2.51. The predicted molar refractivity (Wildman–Crippen MR) is 83.6 cm³/mol. The summed E-state index contributed by atoms with van der Waals surface area (Å²) in [5.74, 6) is 0.805. The SMILES string of the molecule is COc1ccc2nc(Sc3nccc(C)c3CN)[nH]c2c1. The van der Waals surface area contributed by atoms with Gasteiger partial charge in [0.1, 0.15) is 10.8 Å². The summed E-state index contributed by atoms with van der Waals surface area (Å²) in [5.41, 5.74) is 9.87. The number of nitrogens with one attached hydrogen (secondary N) is 1. The van der Waals surface area contributed by atoms with Gasteiger partial charge < -0.3 is 15.5 Å². The van der Waals surface area contributed by atoms with Gasteiger partial charge in [-0.2, -0.15) is 0 Å². The zero-order chi connectivity index (χ0) is 14.8. The number of rotatable bonds is 4. The average Bonchev–Trinajstić information content (AvgIpc) is 2.88. The molecule has 108 valence electrons. The van der Waals surface area contributed by atoms with Crippen molar-refractivity contribution >= 4 is 22.8 Å². The molecule has 5 nitrogen and oxygen atoms in total. The van der Waals surface area contributed by atoms with E-state index in [1.54, 1.807) is 13.3 Å². The molecule has 1 aromatic carbocycles. The number of aromatic nitrogens is 3. The first-order valence-corrected chi connectivity index (χ1v) is 7.39. The fourth-order valence-corrected chi connectivity index (χ4v) is 3.10. The molecule has 0 unspecified atom stereocenters. The molecule has 0 saturated carbocycles. The summed E-state index contributed by atoms with van der Waals surface area (Å²) < 4.78 is 5.22. The maximum atomic E-state index is 5.82. The van der Waals surface area contributed by atoms with Gasteiger partial charge in [-0.05, 0) is 42.4 Å². The first kappa shape index (κ1) is 13.9. The number of hydrogen-bond acceptors (Lipinski definition) is 5. The van der Waals surface area contributed by atoms with Crippen LogP contribution in [0.5, 0.6) is 5.75 Å². The lowest BCUT2D eigenvalue weighted by molar-refractivity contribution is 0.415. The van der Waals surface area contributed by atoms with Crippen LogP contribution in [-0.4, -0.2) is 22.1 Å². The molecule has 0 aliphatic heterocycles. The number of pyridine rings is 1. The third-order valence-corrected chi connectivity index (χ3v) is 4.25. The summed E-state index contributed by atoms with van der Waals surface area (Å²) in [6, 6.07) is 7.73. The largest absolute Gasteiger partial charge is 0.497 e. The number of aryl methyl sites for hydroxylation is 1. The number of nitrogens with zero attached hydrogens (tertiary/aromatic N) is 2. The molecule has 0 aliphatic carbocycles. The molecule has 21 heavy (non-hydrogen) atoms. The molecule has 0 saturated heterocycles. The van der Waals surface area contributed by atoms with E-state index in [1.807, 2.05) is 31.2 Å². The van der Waals surface area contributed by atoms with Crippen LogP contribution in [0, 0.1) is 6.92 Å². The minimum atomic E-state index is 0.468. The summed E-state index contributed by atoms with van der Waals surface area (Å²) in [5, 5.41) is 1.69. The van der Waals surface area contributed by atoms with E-state index in [0.29, 0.717) is 6.54 Å². The molecular formula is C15H16N4OS. The molecule has 3 N–H and O–H groups in total. The Balaban J connectivity index is 1.97. The molecule has 3 aromatic rings. The average molecular weight is 300 g/mol. The van der Waals surface area contributed by atoms with E-state index in [9.17, 15) is 0 Å². The minimum Gasteiger partial charge on any atom is -0.497 e. The highest BCUT2D eigenvalue weighted by atomic mass is 32.2. The molecule has 2 heterocycles. The van der Waals surface area contributed by atoms with Crippen molar-refractivity contribution in [2.45, 2.75) is 23.7 Å². The minimum absolute atomic E-state index is 0.468. The van der Waals surface area contributed by atoms with Crippen LogP contribution < -0.4 is 10.5 Å². The van der Waals surface area contributed by atoms with Crippen molar-refractivity contribution in [3.8, 4) is 5.75 Å². The van der Waals surface area contributed by atoms with Crippen molar-refractivity contribution in [2.75, 3.05) is 7.11 Å². The monoisotopic (exact) mass is 300 g/mol. The van der Waals surface area contributed by atoms with Gasteiger partial charge in [-0.1, -0.05) is 0 Å². The first-order valence-electron chi connectivity index (χ1n) is 6.57. The van der Waals surface area contributed by atoms with E-state index in [-0.39, 0.29) is 0 Å². The first-order chi connectivity index (χ1) is 10.2. The molecule has 2 aromatic heterocycles. The van der Waals surface area contributed by atoms with Crippen molar-refractivity contribution in [1.82, 2.24) is 15.0 Å². The quantitative estimate of drug-likeness (QED) is 0.774. The summed E-state index contributed by atoms with van der Waals surface area (Å²) in [6.07, 6.45) is 1.79. The fraction of sp³-hybridized carbons (Fsp3) is 0.200. The number of nitrogens with two attached hydrogens (primary N) is 1. The van der Waals surface area contributed by atoms with Crippen molar-refractivity contribution in [1.29, 1.82) is 0 Å².